The lowest BCUT2D eigenvalue weighted by molar-refractivity contribution is -0.151. The number of carbonyl (C=O) groups is 3. The van der Waals surface area contributed by atoms with Crippen LogP contribution in [0, 0.1) is 5.92 Å². The molecule has 1 saturated heterocycles. The van der Waals surface area contributed by atoms with Gasteiger partial charge in [0, 0.05) is 23.8 Å². The van der Waals surface area contributed by atoms with Gasteiger partial charge in [0.15, 0.2) is 5.17 Å². The number of hydrogen-bond acceptors (Lipinski definition) is 8. The topological polar surface area (TPSA) is 88.5 Å². The molecule has 1 aromatic carbocycles. The molecule has 1 fully saturated rings. The Morgan fingerprint density at radius 1 is 1.22 bits per heavy atom. The number of hydrogen-bond donors (Lipinski definition) is 0. The summed E-state index contributed by atoms with van der Waals surface area (Å²) in [5.41, 5.74) is 2.60. The average Bonchev–Trinajstić information content (AvgIpc) is 3.25. The first-order chi connectivity index (χ1) is 17.7. The van der Waals surface area contributed by atoms with Gasteiger partial charge in [-0.3, -0.25) is 9.59 Å². The predicted octanol–water partition coefficient (Wildman–Crippen LogP) is 5.06. The van der Waals surface area contributed by atoms with Gasteiger partial charge in [0.1, 0.15) is 0 Å². The summed E-state index contributed by atoms with van der Waals surface area (Å²) in [6.07, 6.45) is 1.30. The Balaban J connectivity index is 1.60. The molecule has 1 aromatic rings. The molecular weight excluding hydrogens is 514 g/mol. The first-order valence-electron chi connectivity index (χ1n) is 12.5. The number of thioether (sulfide) groups is 1. The Morgan fingerprint density at radius 2 is 1.95 bits per heavy atom. The summed E-state index contributed by atoms with van der Waals surface area (Å²) in [5, 5.41) is 3.20. The van der Waals surface area contributed by atoms with Crippen molar-refractivity contribution in [3.8, 4) is 0 Å². The number of amidine groups is 1. The molecule has 37 heavy (non-hydrogen) atoms. The monoisotopic (exact) mass is 545 g/mol. The molecule has 0 spiro atoms. The van der Waals surface area contributed by atoms with E-state index in [0.717, 1.165) is 17.7 Å². The van der Waals surface area contributed by atoms with E-state index in [4.69, 9.17) is 26.1 Å². The Kier molecular flexibility index (Phi) is 8.64. The van der Waals surface area contributed by atoms with Crippen LogP contribution in [-0.4, -0.2) is 58.6 Å². The lowest BCUT2D eigenvalue weighted by Gasteiger charge is -2.37. The van der Waals surface area contributed by atoms with Crippen molar-refractivity contribution in [1.29, 1.82) is 0 Å². The van der Waals surface area contributed by atoms with E-state index in [1.807, 2.05) is 22.4 Å². The standard InChI is InChI=1S/C27H32ClN3O5S/c1-5-35-25(33)19-7-6-12-30(14-19)22(32)13-21-15-37-27-29-17(4)23(26(34)36-16(2)3)24(31(21)27)18-8-10-20(28)11-9-18/h8-11,15-16,19,24H,5-7,12-14H2,1-4H3/t19-,24-/m1/s1. The Morgan fingerprint density at radius 3 is 2.62 bits per heavy atom. The van der Waals surface area contributed by atoms with Crippen LogP contribution in [0.15, 0.2) is 51.6 Å². The summed E-state index contributed by atoms with van der Waals surface area (Å²) in [6.45, 7) is 8.47. The lowest BCUT2D eigenvalue weighted by atomic mass is 9.93. The minimum absolute atomic E-state index is 0.0745. The van der Waals surface area contributed by atoms with Crippen LogP contribution in [0.4, 0.5) is 0 Å². The Hall–Kier alpha value is -2.78. The van der Waals surface area contributed by atoms with Gasteiger partial charge < -0.3 is 19.3 Å². The van der Waals surface area contributed by atoms with E-state index in [1.165, 1.54) is 11.8 Å². The smallest absolute Gasteiger partial charge is 0.338 e. The van der Waals surface area contributed by atoms with E-state index in [2.05, 4.69) is 0 Å². The Labute approximate surface area is 226 Å². The van der Waals surface area contributed by atoms with E-state index >= 15 is 0 Å². The van der Waals surface area contributed by atoms with Crippen molar-refractivity contribution in [3.05, 3.63) is 57.2 Å². The zero-order valence-corrected chi connectivity index (χ0v) is 23.1. The highest BCUT2D eigenvalue weighted by atomic mass is 35.5. The normalized spacial score (nSPS) is 21.5. The summed E-state index contributed by atoms with van der Waals surface area (Å²) < 4.78 is 10.8. The molecule has 10 heteroatoms. The van der Waals surface area contributed by atoms with Crippen molar-refractivity contribution in [2.45, 2.75) is 59.1 Å². The summed E-state index contributed by atoms with van der Waals surface area (Å²) in [7, 11) is 0. The van der Waals surface area contributed by atoms with Crippen molar-refractivity contribution in [1.82, 2.24) is 9.80 Å². The van der Waals surface area contributed by atoms with Gasteiger partial charge in [-0.2, -0.15) is 0 Å². The number of amides is 1. The van der Waals surface area contributed by atoms with Crippen LogP contribution in [0.5, 0.6) is 0 Å². The van der Waals surface area contributed by atoms with E-state index < -0.39 is 12.0 Å². The molecule has 4 rings (SSSR count). The SMILES string of the molecule is CCOC(=O)[C@@H]1CCCN(C(=O)CC2=CSC3=NC(C)=C(C(=O)OC(C)C)[C@@H](c4ccc(Cl)cc4)N23)C1. The number of aliphatic imine (C=N–C) groups is 1. The van der Waals surface area contributed by atoms with E-state index in [1.54, 1.807) is 44.7 Å². The number of piperidine rings is 1. The highest BCUT2D eigenvalue weighted by Crippen LogP contribution is 2.45. The first-order valence-corrected chi connectivity index (χ1v) is 13.8. The molecule has 2 atom stereocenters. The molecule has 0 N–H and O–H groups in total. The van der Waals surface area contributed by atoms with Gasteiger partial charge in [-0.1, -0.05) is 35.5 Å². The molecule has 8 nitrogen and oxygen atoms in total. The minimum Gasteiger partial charge on any atom is -0.466 e. The number of fused-ring (bicyclic) bond motifs is 1. The molecule has 198 valence electrons. The molecule has 1 amide bonds. The van der Waals surface area contributed by atoms with Crippen molar-refractivity contribution < 1.29 is 23.9 Å². The van der Waals surface area contributed by atoms with Crippen LogP contribution < -0.4 is 0 Å². The average molecular weight is 546 g/mol. The second-order valence-electron chi connectivity index (χ2n) is 9.51. The number of allylic oxidation sites excluding steroid dienone is 1. The maximum Gasteiger partial charge on any atom is 0.338 e. The third kappa shape index (κ3) is 6.04. The Bertz CT molecular complexity index is 1160. The first kappa shape index (κ1) is 27.3. The van der Waals surface area contributed by atoms with Gasteiger partial charge in [-0.15, -0.1) is 0 Å². The van der Waals surface area contributed by atoms with Gasteiger partial charge in [0.05, 0.1) is 42.4 Å². The van der Waals surface area contributed by atoms with Crippen molar-refractivity contribution >= 4 is 46.4 Å². The minimum atomic E-state index is -0.515. The van der Waals surface area contributed by atoms with Crippen LogP contribution in [0.1, 0.15) is 58.6 Å². The van der Waals surface area contributed by atoms with E-state index in [0.29, 0.717) is 47.6 Å². The molecule has 3 aliphatic rings. The van der Waals surface area contributed by atoms with Crippen molar-refractivity contribution in [2.24, 2.45) is 10.9 Å². The number of halogens is 1. The van der Waals surface area contributed by atoms with Crippen molar-refractivity contribution in [2.75, 3.05) is 19.7 Å². The second kappa shape index (κ2) is 11.7. The fraction of sp³-hybridized carbons (Fsp3) is 0.481. The quantitative estimate of drug-likeness (QED) is 0.442. The fourth-order valence-corrected chi connectivity index (χ4v) is 5.88. The molecule has 3 aliphatic heterocycles. The number of ether oxygens (including phenoxy) is 2. The third-order valence-electron chi connectivity index (χ3n) is 6.48. The number of nitrogens with zero attached hydrogens (tertiary/aromatic N) is 3. The lowest BCUT2D eigenvalue weighted by Crippen LogP contribution is -2.44. The van der Waals surface area contributed by atoms with Crippen LogP contribution in [0.2, 0.25) is 5.02 Å². The maximum absolute atomic E-state index is 13.4. The zero-order valence-electron chi connectivity index (χ0n) is 21.5. The highest BCUT2D eigenvalue weighted by Gasteiger charge is 2.42. The number of carbonyl (C=O) groups excluding carboxylic acids is 3. The predicted molar refractivity (Wildman–Crippen MR) is 144 cm³/mol. The molecular formula is C27H32ClN3O5S. The summed E-state index contributed by atoms with van der Waals surface area (Å²) in [6, 6.07) is 6.80. The molecule has 0 bridgehead atoms. The molecule has 0 aromatic heterocycles. The van der Waals surface area contributed by atoms with Gasteiger partial charge in [-0.05, 0) is 63.6 Å². The molecule has 0 aliphatic carbocycles. The van der Waals surface area contributed by atoms with Crippen molar-refractivity contribution in [3.63, 3.8) is 0 Å². The maximum atomic E-state index is 13.4. The number of esters is 2. The van der Waals surface area contributed by atoms with Crippen LogP contribution in [0.25, 0.3) is 0 Å². The molecule has 0 unspecified atom stereocenters. The van der Waals surface area contributed by atoms with E-state index in [-0.39, 0.29) is 30.3 Å². The fourth-order valence-electron chi connectivity index (χ4n) is 4.79. The zero-order chi connectivity index (χ0) is 26.7. The summed E-state index contributed by atoms with van der Waals surface area (Å²) >= 11 is 7.58. The van der Waals surface area contributed by atoms with E-state index in [9.17, 15) is 14.4 Å². The largest absolute Gasteiger partial charge is 0.466 e. The molecule has 0 radical (unpaired) electrons. The van der Waals surface area contributed by atoms with Gasteiger partial charge in [0.25, 0.3) is 0 Å². The van der Waals surface area contributed by atoms with Gasteiger partial charge in [0.2, 0.25) is 5.91 Å². The number of benzene rings is 1. The summed E-state index contributed by atoms with van der Waals surface area (Å²) in [5.74, 6) is -1.07. The number of rotatable bonds is 7. The van der Waals surface area contributed by atoms with Gasteiger partial charge in [-0.25, -0.2) is 9.79 Å². The van der Waals surface area contributed by atoms with Crippen LogP contribution in [-0.2, 0) is 23.9 Å². The van der Waals surface area contributed by atoms with Crippen LogP contribution >= 0.6 is 23.4 Å². The number of likely N-dealkylation sites (tertiary alicyclic amines) is 1. The van der Waals surface area contributed by atoms with Crippen LogP contribution in [0.3, 0.4) is 0 Å². The van der Waals surface area contributed by atoms with Gasteiger partial charge >= 0.3 is 11.9 Å². The highest BCUT2D eigenvalue weighted by molar-refractivity contribution is 8.16. The summed E-state index contributed by atoms with van der Waals surface area (Å²) in [4.78, 5) is 47.3. The second-order valence-corrected chi connectivity index (χ2v) is 10.8. The molecule has 0 saturated carbocycles. The third-order valence-corrected chi connectivity index (χ3v) is 7.62. The molecule has 3 heterocycles.